The average Bonchev–Trinajstić information content (AvgIpc) is 3.41. The van der Waals surface area contributed by atoms with Gasteiger partial charge in [-0.2, -0.15) is 0 Å². The van der Waals surface area contributed by atoms with Crippen LogP contribution < -0.4 is 19.1 Å². The Kier molecular flexibility index (Phi) is 9.31. The van der Waals surface area contributed by atoms with E-state index in [9.17, 15) is 18.0 Å². The summed E-state index contributed by atoms with van der Waals surface area (Å²) in [6.07, 6.45) is 1.80. The zero-order valence-corrected chi connectivity index (χ0v) is 23.8. The molecule has 1 atom stereocenters. The minimum atomic E-state index is -3.63. The van der Waals surface area contributed by atoms with E-state index in [1.807, 2.05) is 61.5 Å². The summed E-state index contributed by atoms with van der Waals surface area (Å²) >= 11 is 0. The second-order valence-electron chi connectivity index (χ2n) is 9.80. The summed E-state index contributed by atoms with van der Waals surface area (Å²) in [6, 6.07) is 21.6. The number of aryl methyl sites for hydroxylation is 1. The maximum Gasteiger partial charge on any atom is 0.242 e. The predicted molar refractivity (Wildman–Crippen MR) is 154 cm³/mol. The molecule has 1 aliphatic rings. The molecule has 0 fully saturated rings. The van der Waals surface area contributed by atoms with Gasteiger partial charge in [0.2, 0.25) is 28.6 Å². The van der Waals surface area contributed by atoms with E-state index in [1.54, 1.807) is 30.1 Å². The van der Waals surface area contributed by atoms with E-state index in [0.29, 0.717) is 23.6 Å². The molecule has 1 heterocycles. The molecule has 3 aromatic carbocycles. The summed E-state index contributed by atoms with van der Waals surface area (Å²) in [6.45, 7) is 2.41. The van der Waals surface area contributed by atoms with E-state index >= 15 is 0 Å². The second kappa shape index (κ2) is 12.9. The fraction of sp³-hybridized carbons (Fsp3) is 0.333. The number of sulfonamides is 1. The molecule has 0 radical (unpaired) electrons. The van der Waals surface area contributed by atoms with Crippen molar-refractivity contribution in [1.29, 1.82) is 0 Å². The van der Waals surface area contributed by atoms with Gasteiger partial charge in [0.15, 0.2) is 11.5 Å². The maximum atomic E-state index is 13.7. The molecular weight excluding hydrogens is 530 g/mol. The fourth-order valence-corrected chi connectivity index (χ4v) is 5.61. The average molecular weight is 566 g/mol. The lowest BCUT2D eigenvalue weighted by Gasteiger charge is -2.31. The Morgan fingerprint density at radius 3 is 2.33 bits per heavy atom. The first kappa shape index (κ1) is 28.9. The zero-order valence-electron chi connectivity index (χ0n) is 23.0. The van der Waals surface area contributed by atoms with E-state index < -0.39 is 16.1 Å². The Bertz CT molecular complexity index is 1430. The molecule has 10 heteroatoms. The molecular formula is C30H35N3O6S. The van der Waals surface area contributed by atoms with E-state index in [-0.39, 0.29) is 44.5 Å². The van der Waals surface area contributed by atoms with Crippen LogP contribution in [0.5, 0.6) is 11.5 Å². The Balaban J connectivity index is 1.54. The molecule has 0 aliphatic carbocycles. The topological polar surface area (TPSA) is 105 Å². The molecule has 40 heavy (non-hydrogen) atoms. The number of ether oxygens (including phenoxy) is 2. The first-order chi connectivity index (χ1) is 19.2. The van der Waals surface area contributed by atoms with Gasteiger partial charge in [-0.25, -0.2) is 8.42 Å². The highest BCUT2D eigenvalue weighted by molar-refractivity contribution is 7.92. The molecule has 9 nitrogen and oxygen atoms in total. The number of hydrogen-bond acceptors (Lipinski definition) is 6. The molecule has 0 aromatic heterocycles. The number of carbonyl (C=O) groups excluding carboxylic acids is 2. The van der Waals surface area contributed by atoms with Crippen molar-refractivity contribution >= 4 is 27.5 Å². The van der Waals surface area contributed by atoms with E-state index in [1.165, 1.54) is 4.31 Å². The first-order valence-electron chi connectivity index (χ1n) is 13.1. The summed E-state index contributed by atoms with van der Waals surface area (Å²) in [5, 5.41) is 2.71. The van der Waals surface area contributed by atoms with Gasteiger partial charge in [0.05, 0.1) is 11.9 Å². The maximum absolute atomic E-state index is 13.7. The Hall–Kier alpha value is -4.05. The summed E-state index contributed by atoms with van der Waals surface area (Å²) in [5.74, 6) is 0.533. The van der Waals surface area contributed by atoms with Crippen LogP contribution in [0.15, 0.2) is 72.8 Å². The van der Waals surface area contributed by atoms with Crippen molar-refractivity contribution in [2.45, 2.75) is 38.8 Å². The molecule has 0 bridgehead atoms. The third-order valence-electron chi connectivity index (χ3n) is 6.79. The molecule has 212 valence electrons. The SMILES string of the molecule is CNC(=O)C(Cc1ccccc1)N(Cc1ccc(C)cc1)C(=O)CCCN(c1ccc2c(c1)OCO2)S(C)(=O)=O. The number of hydrogen-bond donors (Lipinski definition) is 1. The molecule has 4 rings (SSSR count). The highest BCUT2D eigenvalue weighted by atomic mass is 32.2. The van der Waals surface area contributed by atoms with Gasteiger partial charge in [0.25, 0.3) is 0 Å². The Morgan fingerprint density at radius 1 is 0.950 bits per heavy atom. The van der Waals surface area contributed by atoms with Crippen molar-refractivity contribution in [3.8, 4) is 11.5 Å². The third-order valence-corrected chi connectivity index (χ3v) is 7.98. The number of rotatable bonds is 12. The molecule has 1 N–H and O–H groups in total. The highest BCUT2D eigenvalue weighted by Crippen LogP contribution is 2.36. The van der Waals surface area contributed by atoms with Crippen molar-refractivity contribution in [3.05, 3.63) is 89.5 Å². The van der Waals surface area contributed by atoms with E-state index in [0.717, 1.165) is 22.9 Å². The number of benzene rings is 3. The van der Waals surface area contributed by atoms with Crippen LogP contribution in [0.1, 0.15) is 29.5 Å². The van der Waals surface area contributed by atoms with Gasteiger partial charge in [0, 0.05) is 39.0 Å². The van der Waals surface area contributed by atoms with Crippen LogP contribution in [0.2, 0.25) is 0 Å². The minimum Gasteiger partial charge on any atom is -0.454 e. The number of nitrogens with zero attached hydrogens (tertiary/aromatic N) is 2. The standard InChI is InChI=1S/C30H35N3O6S/c1-22-11-13-24(14-12-22)20-32(26(30(35)31-2)18-23-8-5-4-6-9-23)29(34)10-7-17-33(40(3,36)37)25-15-16-27-28(19-25)39-21-38-27/h4-6,8-9,11-16,19,26H,7,10,17-18,20-21H2,1-3H3,(H,31,35). The molecule has 0 saturated carbocycles. The second-order valence-corrected chi connectivity index (χ2v) is 11.7. The van der Waals surface area contributed by atoms with Gasteiger partial charge in [-0.1, -0.05) is 60.2 Å². The van der Waals surface area contributed by atoms with Gasteiger partial charge in [-0.3, -0.25) is 13.9 Å². The van der Waals surface area contributed by atoms with Crippen LogP contribution in [0, 0.1) is 6.92 Å². The fourth-order valence-electron chi connectivity index (χ4n) is 4.66. The zero-order chi connectivity index (χ0) is 28.7. The molecule has 2 amide bonds. The van der Waals surface area contributed by atoms with E-state index in [4.69, 9.17) is 9.47 Å². The summed E-state index contributed by atoms with van der Waals surface area (Å²) in [5.41, 5.74) is 3.36. The molecule has 1 aliphatic heterocycles. The summed E-state index contributed by atoms with van der Waals surface area (Å²) < 4.78 is 37.3. The van der Waals surface area contributed by atoms with Gasteiger partial charge in [-0.05, 0) is 36.6 Å². The summed E-state index contributed by atoms with van der Waals surface area (Å²) in [4.78, 5) is 28.4. The number of nitrogens with one attached hydrogen (secondary N) is 1. The minimum absolute atomic E-state index is 0.0602. The largest absolute Gasteiger partial charge is 0.454 e. The third kappa shape index (κ3) is 7.32. The van der Waals surface area contributed by atoms with Crippen molar-refractivity contribution in [3.63, 3.8) is 0 Å². The summed E-state index contributed by atoms with van der Waals surface area (Å²) in [7, 11) is -2.07. The normalized spacial score (nSPS) is 13.0. The van der Waals surface area contributed by atoms with Crippen molar-refractivity contribution in [2.24, 2.45) is 0 Å². The molecule has 0 spiro atoms. The lowest BCUT2D eigenvalue weighted by molar-refractivity contribution is -0.141. The number of likely N-dealkylation sites (N-methyl/N-ethyl adjacent to an activating group) is 1. The highest BCUT2D eigenvalue weighted by Gasteiger charge is 2.30. The van der Waals surface area contributed by atoms with Crippen LogP contribution in [0.25, 0.3) is 0 Å². The Labute approximate surface area is 235 Å². The number of fused-ring (bicyclic) bond motifs is 1. The Morgan fingerprint density at radius 2 is 1.65 bits per heavy atom. The predicted octanol–water partition coefficient (Wildman–Crippen LogP) is 3.66. The molecule has 3 aromatic rings. The van der Waals surface area contributed by atoms with Crippen molar-refractivity contribution < 1.29 is 27.5 Å². The van der Waals surface area contributed by atoms with Crippen molar-refractivity contribution in [2.75, 3.05) is 30.9 Å². The molecule has 0 saturated heterocycles. The van der Waals surface area contributed by atoms with Crippen LogP contribution in [-0.4, -0.2) is 57.8 Å². The molecule has 1 unspecified atom stereocenters. The van der Waals surface area contributed by atoms with Crippen LogP contribution in [-0.2, 0) is 32.6 Å². The van der Waals surface area contributed by atoms with Crippen LogP contribution >= 0.6 is 0 Å². The number of amides is 2. The monoisotopic (exact) mass is 565 g/mol. The first-order valence-corrected chi connectivity index (χ1v) is 15.0. The van der Waals surface area contributed by atoms with Crippen LogP contribution in [0.3, 0.4) is 0 Å². The lowest BCUT2D eigenvalue weighted by atomic mass is 10.0. The van der Waals surface area contributed by atoms with Crippen molar-refractivity contribution in [1.82, 2.24) is 10.2 Å². The lowest BCUT2D eigenvalue weighted by Crippen LogP contribution is -2.49. The van der Waals surface area contributed by atoms with Crippen LogP contribution in [0.4, 0.5) is 5.69 Å². The van der Waals surface area contributed by atoms with Gasteiger partial charge < -0.3 is 19.7 Å². The quantitative estimate of drug-likeness (QED) is 0.360. The van der Waals surface area contributed by atoms with Gasteiger partial charge >= 0.3 is 0 Å². The number of anilines is 1. The van der Waals surface area contributed by atoms with Gasteiger partial charge in [-0.15, -0.1) is 0 Å². The van der Waals surface area contributed by atoms with Gasteiger partial charge in [0.1, 0.15) is 6.04 Å². The van der Waals surface area contributed by atoms with E-state index in [2.05, 4.69) is 5.32 Å². The smallest absolute Gasteiger partial charge is 0.242 e. The number of carbonyl (C=O) groups is 2.